The van der Waals surface area contributed by atoms with Gasteiger partial charge in [-0.3, -0.25) is 0 Å². The molecule has 4 nitrogen and oxygen atoms in total. The maximum Gasteiger partial charge on any atom is 0.321 e. The van der Waals surface area contributed by atoms with Crippen molar-refractivity contribution < 1.29 is 4.79 Å². The van der Waals surface area contributed by atoms with Crippen molar-refractivity contribution in [2.45, 2.75) is 33.1 Å². The highest BCUT2D eigenvalue weighted by atomic mass is 16.2. The molecule has 98 valence electrons. The van der Waals surface area contributed by atoms with E-state index in [-0.39, 0.29) is 6.03 Å². The molecule has 1 fully saturated rings. The number of anilines is 2. The average molecular weight is 247 g/mol. The van der Waals surface area contributed by atoms with E-state index in [0.29, 0.717) is 0 Å². The predicted octanol–water partition coefficient (Wildman–Crippen LogP) is 2.90. The summed E-state index contributed by atoms with van der Waals surface area (Å²) in [6.45, 7) is 5.66. The van der Waals surface area contributed by atoms with Crippen molar-refractivity contribution in [3.8, 4) is 0 Å². The molecule has 0 aromatic heterocycles. The van der Waals surface area contributed by atoms with Crippen molar-refractivity contribution in [2.24, 2.45) is 0 Å². The smallest absolute Gasteiger partial charge is 0.321 e. The lowest BCUT2D eigenvalue weighted by molar-refractivity contribution is 0.200. The Kier molecular flexibility index (Phi) is 3.75. The SMILES string of the molecule is Cc1cc(C)c(NC(=O)N2CCCCC2)cc1N. The molecule has 0 radical (unpaired) electrons. The Bertz CT molecular complexity index is 451. The number of aryl methyl sites for hydroxylation is 2. The predicted molar refractivity (Wildman–Crippen MR) is 74.8 cm³/mol. The number of amides is 2. The summed E-state index contributed by atoms with van der Waals surface area (Å²) >= 11 is 0. The first kappa shape index (κ1) is 12.7. The van der Waals surface area contributed by atoms with Gasteiger partial charge in [0.05, 0.1) is 0 Å². The van der Waals surface area contributed by atoms with Gasteiger partial charge in [0.1, 0.15) is 0 Å². The quantitative estimate of drug-likeness (QED) is 0.750. The van der Waals surface area contributed by atoms with Crippen LogP contribution in [0, 0.1) is 13.8 Å². The van der Waals surface area contributed by atoms with Crippen molar-refractivity contribution in [1.29, 1.82) is 0 Å². The minimum absolute atomic E-state index is 0.0129. The van der Waals surface area contributed by atoms with Crippen molar-refractivity contribution in [2.75, 3.05) is 24.1 Å². The zero-order chi connectivity index (χ0) is 13.1. The van der Waals surface area contributed by atoms with Gasteiger partial charge in [0.25, 0.3) is 0 Å². The van der Waals surface area contributed by atoms with Crippen LogP contribution < -0.4 is 11.1 Å². The van der Waals surface area contributed by atoms with Crippen molar-refractivity contribution in [1.82, 2.24) is 4.90 Å². The van der Waals surface area contributed by atoms with Crippen LogP contribution in [0.15, 0.2) is 12.1 Å². The second-order valence-corrected chi connectivity index (χ2v) is 5.00. The number of hydrogen-bond donors (Lipinski definition) is 2. The molecule has 0 atom stereocenters. The molecule has 0 saturated carbocycles. The van der Waals surface area contributed by atoms with E-state index in [1.54, 1.807) is 0 Å². The number of nitrogen functional groups attached to an aromatic ring is 1. The zero-order valence-electron chi connectivity index (χ0n) is 11.1. The Morgan fingerprint density at radius 2 is 1.83 bits per heavy atom. The molecule has 0 spiro atoms. The molecular weight excluding hydrogens is 226 g/mol. The first-order valence-electron chi connectivity index (χ1n) is 6.50. The van der Waals surface area contributed by atoms with E-state index in [0.717, 1.165) is 48.4 Å². The molecule has 1 aromatic carbocycles. The van der Waals surface area contributed by atoms with E-state index in [9.17, 15) is 4.79 Å². The molecule has 1 aliphatic rings. The van der Waals surface area contributed by atoms with E-state index in [2.05, 4.69) is 5.32 Å². The molecule has 3 N–H and O–H groups in total. The molecule has 1 saturated heterocycles. The molecule has 1 heterocycles. The van der Waals surface area contributed by atoms with Crippen molar-refractivity contribution >= 4 is 17.4 Å². The third-order valence-electron chi connectivity index (χ3n) is 3.50. The number of likely N-dealkylation sites (tertiary alicyclic amines) is 1. The Morgan fingerprint density at radius 1 is 1.17 bits per heavy atom. The Morgan fingerprint density at radius 3 is 2.50 bits per heavy atom. The lowest BCUT2D eigenvalue weighted by atomic mass is 10.1. The zero-order valence-corrected chi connectivity index (χ0v) is 11.1. The second-order valence-electron chi connectivity index (χ2n) is 5.00. The van der Waals surface area contributed by atoms with Crippen LogP contribution in [-0.4, -0.2) is 24.0 Å². The van der Waals surface area contributed by atoms with Gasteiger partial charge in [-0.1, -0.05) is 6.07 Å². The summed E-state index contributed by atoms with van der Waals surface area (Å²) in [5.41, 5.74) is 9.50. The van der Waals surface area contributed by atoms with Crippen LogP contribution in [0.3, 0.4) is 0 Å². The number of urea groups is 1. The Balaban J connectivity index is 2.08. The third kappa shape index (κ3) is 2.75. The molecular formula is C14H21N3O. The second kappa shape index (κ2) is 5.29. The van der Waals surface area contributed by atoms with Crippen LogP contribution in [0.25, 0.3) is 0 Å². The van der Waals surface area contributed by atoms with Crippen LogP contribution in [0.1, 0.15) is 30.4 Å². The summed E-state index contributed by atoms with van der Waals surface area (Å²) in [6.07, 6.45) is 3.42. The lowest BCUT2D eigenvalue weighted by Gasteiger charge is -2.27. The Labute approximate surface area is 108 Å². The highest BCUT2D eigenvalue weighted by molar-refractivity contribution is 5.91. The molecule has 18 heavy (non-hydrogen) atoms. The molecule has 4 heteroatoms. The van der Waals surface area contributed by atoms with Crippen LogP contribution in [0.5, 0.6) is 0 Å². The standard InChI is InChI=1S/C14H21N3O/c1-10-8-11(2)13(9-12(10)15)16-14(18)17-6-4-3-5-7-17/h8-9H,3-7,15H2,1-2H3,(H,16,18). The largest absolute Gasteiger partial charge is 0.398 e. The number of rotatable bonds is 1. The number of nitrogens with zero attached hydrogens (tertiary/aromatic N) is 1. The fourth-order valence-corrected chi connectivity index (χ4v) is 2.29. The minimum atomic E-state index is -0.0129. The minimum Gasteiger partial charge on any atom is -0.398 e. The molecule has 0 aliphatic carbocycles. The van der Waals surface area contributed by atoms with Crippen LogP contribution in [-0.2, 0) is 0 Å². The Hall–Kier alpha value is -1.71. The van der Waals surface area contributed by atoms with E-state index in [1.807, 2.05) is 30.9 Å². The number of nitrogens with two attached hydrogens (primary N) is 1. The van der Waals surface area contributed by atoms with E-state index in [1.165, 1.54) is 6.42 Å². The maximum absolute atomic E-state index is 12.1. The van der Waals surface area contributed by atoms with Gasteiger partial charge in [-0.2, -0.15) is 0 Å². The van der Waals surface area contributed by atoms with Crippen LogP contribution in [0.2, 0.25) is 0 Å². The molecule has 0 unspecified atom stereocenters. The third-order valence-corrected chi connectivity index (χ3v) is 3.50. The number of nitrogens with one attached hydrogen (secondary N) is 1. The first-order chi connectivity index (χ1) is 8.58. The van der Waals surface area contributed by atoms with Gasteiger partial charge >= 0.3 is 6.03 Å². The summed E-state index contributed by atoms with van der Waals surface area (Å²) in [7, 11) is 0. The van der Waals surface area contributed by atoms with E-state index < -0.39 is 0 Å². The maximum atomic E-state index is 12.1. The van der Waals surface area contributed by atoms with Crippen molar-refractivity contribution in [3.05, 3.63) is 23.3 Å². The number of carbonyl (C=O) groups is 1. The topological polar surface area (TPSA) is 58.4 Å². The molecule has 2 rings (SSSR count). The average Bonchev–Trinajstić information content (AvgIpc) is 2.37. The first-order valence-corrected chi connectivity index (χ1v) is 6.50. The molecule has 0 bridgehead atoms. The number of benzene rings is 1. The van der Waals surface area contributed by atoms with E-state index in [4.69, 9.17) is 5.73 Å². The molecule has 1 aromatic rings. The van der Waals surface area contributed by atoms with Crippen LogP contribution in [0.4, 0.5) is 16.2 Å². The summed E-state index contributed by atoms with van der Waals surface area (Å²) in [4.78, 5) is 14.0. The normalized spacial score (nSPS) is 15.6. The van der Waals surface area contributed by atoms with Gasteiger partial charge in [0, 0.05) is 24.5 Å². The summed E-state index contributed by atoms with van der Waals surface area (Å²) in [5, 5.41) is 2.95. The molecule has 2 amide bonds. The van der Waals surface area contributed by atoms with Gasteiger partial charge in [0.15, 0.2) is 0 Å². The van der Waals surface area contributed by atoms with Gasteiger partial charge in [-0.25, -0.2) is 4.79 Å². The number of hydrogen-bond acceptors (Lipinski definition) is 2. The summed E-state index contributed by atoms with van der Waals surface area (Å²) in [6, 6.07) is 3.83. The van der Waals surface area contributed by atoms with E-state index >= 15 is 0 Å². The monoisotopic (exact) mass is 247 g/mol. The summed E-state index contributed by atoms with van der Waals surface area (Å²) < 4.78 is 0. The number of carbonyl (C=O) groups excluding carboxylic acids is 1. The van der Waals surface area contributed by atoms with Gasteiger partial charge in [-0.15, -0.1) is 0 Å². The number of piperidine rings is 1. The van der Waals surface area contributed by atoms with Crippen molar-refractivity contribution in [3.63, 3.8) is 0 Å². The van der Waals surface area contributed by atoms with Crippen LogP contribution >= 0.6 is 0 Å². The fraction of sp³-hybridized carbons (Fsp3) is 0.500. The highest BCUT2D eigenvalue weighted by Crippen LogP contribution is 2.23. The lowest BCUT2D eigenvalue weighted by Crippen LogP contribution is -2.38. The van der Waals surface area contributed by atoms with Gasteiger partial charge in [0.2, 0.25) is 0 Å². The summed E-state index contributed by atoms with van der Waals surface area (Å²) in [5.74, 6) is 0. The van der Waals surface area contributed by atoms with Gasteiger partial charge in [-0.05, 0) is 50.3 Å². The highest BCUT2D eigenvalue weighted by Gasteiger charge is 2.17. The fourth-order valence-electron chi connectivity index (χ4n) is 2.29. The molecule has 1 aliphatic heterocycles. The van der Waals surface area contributed by atoms with Gasteiger partial charge < -0.3 is 16.0 Å².